The van der Waals surface area contributed by atoms with Gasteiger partial charge in [0.25, 0.3) is 0 Å². The number of rotatable bonds is 8. The summed E-state index contributed by atoms with van der Waals surface area (Å²) in [6.07, 6.45) is 0. The summed E-state index contributed by atoms with van der Waals surface area (Å²) in [6, 6.07) is 24.3. The molecule has 0 heterocycles. The van der Waals surface area contributed by atoms with E-state index in [0.717, 1.165) is 17.7 Å². The fourth-order valence-electron chi connectivity index (χ4n) is 2.84. The van der Waals surface area contributed by atoms with Crippen LogP contribution in [0.3, 0.4) is 0 Å². The van der Waals surface area contributed by atoms with Crippen LogP contribution in [-0.4, -0.2) is 7.11 Å². The molecule has 0 saturated carbocycles. The van der Waals surface area contributed by atoms with Gasteiger partial charge < -0.3 is 14.8 Å². The van der Waals surface area contributed by atoms with Crippen molar-refractivity contribution in [2.24, 2.45) is 0 Å². The molecule has 0 aliphatic carbocycles. The van der Waals surface area contributed by atoms with Crippen molar-refractivity contribution in [1.29, 1.82) is 0 Å². The molecule has 0 bridgehead atoms. The molecule has 0 spiro atoms. The molecule has 0 amide bonds. The maximum absolute atomic E-state index is 6.19. The van der Waals surface area contributed by atoms with Crippen LogP contribution < -0.4 is 14.8 Å². The second kappa shape index (κ2) is 9.45. The molecule has 140 valence electrons. The zero-order valence-corrected chi connectivity index (χ0v) is 16.4. The normalized spacial score (nSPS) is 11.8. The van der Waals surface area contributed by atoms with Gasteiger partial charge in [-0.05, 0) is 36.2 Å². The molecule has 1 unspecified atom stereocenters. The highest BCUT2D eigenvalue weighted by Gasteiger charge is 2.09. The van der Waals surface area contributed by atoms with E-state index in [2.05, 4.69) is 42.6 Å². The maximum atomic E-state index is 6.19. The molecule has 3 aromatic carbocycles. The molecule has 0 aromatic heterocycles. The van der Waals surface area contributed by atoms with Crippen molar-refractivity contribution in [3.05, 3.63) is 94.5 Å². The molecule has 3 aromatic rings. The van der Waals surface area contributed by atoms with Crippen molar-refractivity contribution in [3.8, 4) is 11.5 Å². The van der Waals surface area contributed by atoms with Gasteiger partial charge in [-0.1, -0.05) is 66.2 Å². The third kappa shape index (κ3) is 5.25. The van der Waals surface area contributed by atoms with Crippen molar-refractivity contribution in [2.75, 3.05) is 7.11 Å². The lowest BCUT2D eigenvalue weighted by molar-refractivity contribution is 0.284. The van der Waals surface area contributed by atoms with Gasteiger partial charge in [-0.2, -0.15) is 0 Å². The Kier molecular flexibility index (Phi) is 6.74. The quantitative estimate of drug-likeness (QED) is 0.536. The lowest BCUT2D eigenvalue weighted by Gasteiger charge is -2.16. The van der Waals surface area contributed by atoms with Crippen LogP contribution in [0.2, 0.25) is 5.02 Å². The van der Waals surface area contributed by atoms with Gasteiger partial charge in [-0.25, -0.2) is 0 Å². The Balaban J connectivity index is 1.63. The van der Waals surface area contributed by atoms with Gasteiger partial charge in [0.05, 0.1) is 7.11 Å². The SMILES string of the molecule is COc1cc(CNC(C)c2ccccc2)ccc1OCc1ccccc1Cl. The molecule has 3 nitrogen and oxygen atoms in total. The van der Waals surface area contributed by atoms with Crippen molar-refractivity contribution in [3.63, 3.8) is 0 Å². The topological polar surface area (TPSA) is 30.5 Å². The summed E-state index contributed by atoms with van der Waals surface area (Å²) < 4.78 is 11.4. The van der Waals surface area contributed by atoms with Crippen molar-refractivity contribution >= 4 is 11.6 Å². The van der Waals surface area contributed by atoms with E-state index in [1.165, 1.54) is 5.56 Å². The van der Waals surface area contributed by atoms with Gasteiger partial charge in [-0.15, -0.1) is 0 Å². The maximum Gasteiger partial charge on any atom is 0.161 e. The summed E-state index contributed by atoms with van der Waals surface area (Å²) in [5.41, 5.74) is 3.35. The molecule has 1 atom stereocenters. The van der Waals surface area contributed by atoms with Crippen LogP contribution in [-0.2, 0) is 13.2 Å². The zero-order chi connectivity index (χ0) is 19.1. The molecule has 4 heteroatoms. The average molecular weight is 382 g/mol. The largest absolute Gasteiger partial charge is 0.493 e. The molecular formula is C23H24ClNO2. The molecular weight excluding hydrogens is 358 g/mol. The first-order valence-electron chi connectivity index (χ1n) is 8.99. The third-order valence-electron chi connectivity index (χ3n) is 4.48. The van der Waals surface area contributed by atoms with Crippen molar-refractivity contribution in [1.82, 2.24) is 5.32 Å². The number of methoxy groups -OCH3 is 1. The van der Waals surface area contributed by atoms with Crippen LogP contribution >= 0.6 is 11.6 Å². The van der Waals surface area contributed by atoms with Gasteiger partial charge in [-0.3, -0.25) is 0 Å². The van der Waals surface area contributed by atoms with Crippen LogP contribution in [0.15, 0.2) is 72.8 Å². The fraction of sp³-hybridized carbons (Fsp3) is 0.217. The van der Waals surface area contributed by atoms with Crippen molar-refractivity contribution < 1.29 is 9.47 Å². The number of nitrogens with one attached hydrogen (secondary N) is 1. The summed E-state index contributed by atoms with van der Waals surface area (Å²) >= 11 is 6.19. The van der Waals surface area contributed by atoms with Gasteiger partial charge in [0.1, 0.15) is 6.61 Å². The summed E-state index contributed by atoms with van der Waals surface area (Å²) in [6.45, 7) is 3.31. The average Bonchev–Trinajstić information content (AvgIpc) is 2.72. The first kappa shape index (κ1) is 19.3. The minimum atomic E-state index is 0.272. The standard InChI is InChI=1S/C23H24ClNO2/c1-17(19-8-4-3-5-9-19)25-15-18-12-13-22(23(14-18)26-2)27-16-20-10-6-7-11-21(20)24/h3-14,17,25H,15-16H2,1-2H3. The highest BCUT2D eigenvalue weighted by molar-refractivity contribution is 6.31. The Morgan fingerprint density at radius 3 is 2.41 bits per heavy atom. The number of ether oxygens (including phenoxy) is 2. The van der Waals surface area contributed by atoms with Crippen LogP contribution in [0.25, 0.3) is 0 Å². The second-order valence-electron chi connectivity index (χ2n) is 6.38. The van der Waals surface area contributed by atoms with Gasteiger partial charge in [0, 0.05) is 23.2 Å². The third-order valence-corrected chi connectivity index (χ3v) is 4.85. The van der Waals surface area contributed by atoms with Crippen LogP contribution in [0.1, 0.15) is 29.7 Å². The van der Waals surface area contributed by atoms with Crippen LogP contribution in [0.5, 0.6) is 11.5 Å². The summed E-state index contributed by atoms with van der Waals surface area (Å²) in [5.74, 6) is 1.42. The Labute approximate surface area is 165 Å². The number of hydrogen-bond donors (Lipinski definition) is 1. The van der Waals surface area contributed by atoms with E-state index in [1.54, 1.807) is 7.11 Å². The van der Waals surface area contributed by atoms with Crippen LogP contribution in [0.4, 0.5) is 0 Å². The molecule has 3 rings (SSSR count). The number of benzene rings is 3. The number of hydrogen-bond acceptors (Lipinski definition) is 3. The molecule has 27 heavy (non-hydrogen) atoms. The van der Waals surface area contributed by atoms with E-state index in [4.69, 9.17) is 21.1 Å². The van der Waals surface area contributed by atoms with E-state index in [0.29, 0.717) is 23.1 Å². The predicted molar refractivity (Wildman–Crippen MR) is 110 cm³/mol. The summed E-state index contributed by atoms with van der Waals surface area (Å²) in [7, 11) is 1.65. The Morgan fingerprint density at radius 2 is 1.67 bits per heavy atom. The second-order valence-corrected chi connectivity index (χ2v) is 6.79. The first-order chi connectivity index (χ1) is 13.2. The highest BCUT2D eigenvalue weighted by Crippen LogP contribution is 2.30. The van der Waals surface area contributed by atoms with Gasteiger partial charge in [0.15, 0.2) is 11.5 Å². The minimum Gasteiger partial charge on any atom is -0.493 e. The summed E-state index contributed by atoms with van der Waals surface area (Å²) in [5, 5.41) is 4.24. The molecule has 1 N–H and O–H groups in total. The first-order valence-corrected chi connectivity index (χ1v) is 9.36. The Hall–Kier alpha value is -2.49. The van der Waals surface area contributed by atoms with Crippen molar-refractivity contribution in [2.45, 2.75) is 26.1 Å². The number of halogens is 1. The molecule has 0 aliphatic heterocycles. The molecule has 0 saturated heterocycles. The minimum absolute atomic E-state index is 0.272. The van der Waals surface area contributed by atoms with E-state index >= 15 is 0 Å². The Morgan fingerprint density at radius 1 is 0.926 bits per heavy atom. The fourth-order valence-corrected chi connectivity index (χ4v) is 3.03. The van der Waals surface area contributed by atoms with Gasteiger partial charge >= 0.3 is 0 Å². The molecule has 0 radical (unpaired) electrons. The lowest BCUT2D eigenvalue weighted by atomic mass is 10.1. The predicted octanol–water partition coefficient (Wildman–Crippen LogP) is 5.78. The molecule has 0 aliphatic rings. The molecule has 0 fully saturated rings. The lowest BCUT2D eigenvalue weighted by Crippen LogP contribution is -2.18. The zero-order valence-electron chi connectivity index (χ0n) is 15.6. The highest BCUT2D eigenvalue weighted by atomic mass is 35.5. The van der Waals surface area contributed by atoms with E-state index in [9.17, 15) is 0 Å². The van der Waals surface area contributed by atoms with E-state index in [1.807, 2.05) is 42.5 Å². The van der Waals surface area contributed by atoms with Crippen LogP contribution in [0, 0.1) is 0 Å². The monoisotopic (exact) mass is 381 g/mol. The van der Waals surface area contributed by atoms with Gasteiger partial charge in [0.2, 0.25) is 0 Å². The Bertz CT molecular complexity index is 867. The smallest absolute Gasteiger partial charge is 0.161 e. The van der Waals surface area contributed by atoms with E-state index in [-0.39, 0.29) is 6.04 Å². The van der Waals surface area contributed by atoms with E-state index < -0.39 is 0 Å². The summed E-state index contributed by atoms with van der Waals surface area (Å²) in [4.78, 5) is 0.